The molecule has 0 bridgehead atoms. The third-order valence-corrected chi connectivity index (χ3v) is 4.51. The van der Waals surface area contributed by atoms with Crippen LogP contribution in [0.4, 0.5) is 5.13 Å². The Kier molecular flexibility index (Phi) is 6.39. The average molecular weight is 378 g/mol. The molecule has 4 nitrogen and oxygen atoms in total. The Bertz CT molecular complexity index is 916. The fourth-order valence-electron chi connectivity index (χ4n) is 2.59. The molecule has 0 aliphatic carbocycles. The minimum absolute atomic E-state index is 0.137. The molecular formula is C22H23N3OS. The summed E-state index contributed by atoms with van der Waals surface area (Å²) in [5.74, 6) is 0.891. The molecule has 0 radical (unpaired) electrons. The molecule has 2 aromatic carbocycles. The molecule has 1 heterocycles. The first kappa shape index (κ1) is 18.9. The van der Waals surface area contributed by atoms with Crippen molar-refractivity contribution in [3.8, 4) is 17.0 Å². The molecular weight excluding hydrogens is 354 g/mol. The Morgan fingerprint density at radius 1 is 1.22 bits per heavy atom. The molecule has 0 saturated heterocycles. The molecule has 3 rings (SSSR count). The molecule has 138 valence electrons. The van der Waals surface area contributed by atoms with Gasteiger partial charge in [0.1, 0.15) is 5.75 Å². The summed E-state index contributed by atoms with van der Waals surface area (Å²) in [6, 6.07) is 16.2. The highest BCUT2D eigenvalue weighted by molar-refractivity contribution is 7.14. The number of anilines is 1. The topological polar surface area (TPSA) is 46.5 Å². The molecule has 0 aliphatic rings. The van der Waals surface area contributed by atoms with Gasteiger partial charge in [-0.05, 0) is 49.6 Å². The summed E-state index contributed by atoms with van der Waals surface area (Å²) < 4.78 is 5.86. The van der Waals surface area contributed by atoms with Crippen molar-refractivity contribution in [1.82, 2.24) is 4.98 Å². The summed E-state index contributed by atoms with van der Waals surface area (Å²) in [7, 11) is 0. The number of thiazole rings is 1. The van der Waals surface area contributed by atoms with Crippen molar-refractivity contribution in [2.24, 2.45) is 5.10 Å². The maximum Gasteiger partial charge on any atom is 0.203 e. The van der Waals surface area contributed by atoms with Crippen LogP contribution in [0.2, 0.25) is 0 Å². The molecule has 3 aromatic rings. The van der Waals surface area contributed by atoms with Crippen molar-refractivity contribution in [2.45, 2.75) is 26.4 Å². The number of benzene rings is 2. The number of nitrogens with zero attached hydrogens (tertiary/aromatic N) is 2. The van der Waals surface area contributed by atoms with Gasteiger partial charge in [0, 0.05) is 10.9 Å². The number of hydrogen-bond donors (Lipinski definition) is 1. The lowest BCUT2D eigenvalue weighted by atomic mass is 10.1. The molecule has 0 spiro atoms. The molecule has 5 heteroatoms. The van der Waals surface area contributed by atoms with Crippen LogP contribution in [-0.2, 0) is 6.42 Å². The van der Waals surface area contributed by atoms with E-state index in [1.54, 1.807) is 6.21 Å². The second-order valence-electron chi connectivity index (χ2n) is 6.30. The summed E-state index contributed by atoms with van der Waals surface area (Å²) in [6.45, 7) is 7.87. The molecule has 27 heavy (non-hydrogen) atoms. The fraction of sp³-hybridized carbons (Fsp3) is 0.182. The summed E-state index contributed by atoms with van der Waals surface area (Å²) in [4.78, 5) is 4.57. The highest BCUT2D eigenvalue weighted by atomic mass is 32.1. The van der Waals surface area contributed by atoms with E-state index in [0.717, 1.165) is 39.7 Å². The van der Waals surface area contributed by atoms with Crippen LogP contribution in [0.5, 0.6) is 5.75 Å². The SMILES string of the molecule is C=CCc1cc(C=NNc2nc(-c3ccccc3)cs2)ccc1OC(C)C. The van der Waals surface area contributed by atoms with E-state index in [4.69, 9.17) is 4.74 Å². The highest BCUT2D eigenvalue weighted by Gasteiger charge is 2.06. The Morgan fingerprint density at radius 3 is 2.78 bits per heavy atom. The van der Waals surface area contributed by atoms with Crippen molar-refractivity contribution in [3.63, 3.8) is 0 Å². The first-order chi connectivity index (χ1) is 13.2. The fourth-order valence-corrected chi connectivity index (χ4v) is 3.26. The number of nitrogens with one attached hydrogen (secondary N) is 1. The van der Waals surface area contributed by atoms with Crippen molar-refractivity contribution in [2.75, 3.05) is 5.43 Å². The molecule has 0 amide bonds. The minimum Gasteiger partial charge on any atom is -0.491 e. The second-order valence-corrected chi connectivity index (χ2v) is 7.16. The zero-order valence-corrected chi connectivity index (χ0v) is 16.4. The van der Waals surface area contributed by atoms with Crippen LogP contribution < -0.4 is 10.2 Å². The third kappa shape index (κ3) is 5.28. The van der Waals surface area contributed by atoms with Gasteiger partial charge in [0.2, 0.25) is 5.13 Å². The van der Waals surface area contributed by atoms with Gasteiger partial charge < -0.3 is 4.74 Å². The average Bonchev–Trinajstić information content (AvgIpc) is 3.13. The molecule has 1 aromatic heterocycles. The van der Waals surface area contributed by atoms with Gasteiger partial charge in [-0.3, -0.25) is 5.43 Å². The van der Waals surface area contributed by atoms with Gasteiger partial charge in [0.15, 0.2) is 0 Å². The van der Waals surface area contributed by atoms with Crippen LogP contribution in [0.3, 0.4) is 0 Å². The zero-order valence-electron chi connectivity index (χ0n) is 15.6. The number of allylic oxidation sites excluding steroid dienone is 1. The van der Waals surface area contributed by atoms with Gasteiger partial charge >= 0.3 is 0 Å². The van der Waals surface area contributed by atoms with E-state index in [0.29, 0.717) is 0 Å². The van der Waals surface area contributed by atoms with E-state index in [2.05, 4.69) is 28.2 Å². The standard InChI is InChI=1S/C22H23N3OS/c1-4-8-19-13-17(11-12-21(19)26-16(2)3)14-23-25-22-24-20(15-27-22)18-9-6-5-7-10-18/h4-7,9-16H,1,8H2,2-3H3,(H,24,25). The Hall–Kier alpha value is -2.92. The first-order valence-corrected chi connectivity index (χ1v) is 9.74. The number of hydrazone groups is 1. The van der Waals surface area contributed by atoms with Crippen molar-refractivity contribution in [1.29, 1.82) is 0 Å². The molecule has 0 atom stereocenters. The van der Waals surface area contributed by atoms with E-state index in [1.165, 1.54) is 11.3 Å². The Labute approximate surface area is 164 Å². The van der Waals surface area contributed by atoms with Gasteiger partial charge in [-0.2, -0.15) is 5.10 Å². The van der Waals surface area contributed by atoms with Gasteiger partial charge in [0.05, 0.1) is 18.0 Å². The Balaban J connectivity index is 1.68. The van der Waals surface area contributed by atoms with Gasteiger partial charge in [-0.25, -0.2) is 4.98 Å². The van der Waals surface area contributed by atoms with Crippen molar-refractivity contribution >= 4 is 22.7 Å². The van der Waals surface area contributed by atoms with Crippen molar-refractivity contribution < 1.29 is 4.74 Å². The van der Waals surface area contributed by atoms with E-state index < -0.39 is 0 Å². The molecule has 1 N–H and O–H groups in total. The summed E-state index contributed by atoms with van der Waals surface area (Å²) in [5, 5.41) is 7.10. The second kappa shape index (κ2) is 9.14. The molecule has 0 saturated carbocycles. The van der Waals surface area contributed by atoms with E-state index in [9.17, 15) is 0 Å². The smallest absolute Gasteiger partial charge is 0.203 e. The van der Waals surface area contributed by atoms with Gasteiger partial charge in [0.25, 0.3) is 0 Å². The third-order valence-electron chi connectivity index (χ3n) is 3.76. The quantitative estimate of drug-likeness (QED) is 0.308. The lowest BCUT2D eigenvalue weighted by molar-refractivity contribution is 0.240. The van der Waals surface area contributed by atoms with Crippen LogP contribution in [0, 0.1) is 0 Å². The largest absolute Gasteiger partial charge is 0.491 e. The number of rotatable bonds is 8. The minimum atomic E-state index is 0.137. The van der Waals surface area contributed by atoms with Crippen molar-refractivity contribution in [3.05, 3.63) is 77.7 Å². The first-order valence-electron chi connectivity index (χ1n) is 8.86. The highest BCUT2D eigenvalue weighted by Crippen LogP contribution is 2.25. The number of hydrogen-bond acceptors (Lipinski definition) is 5. The van der Waals surface area contributed by atoms with E-state index in [-0.39, 0.29) is 6.10 Å². The Morgan fingerprint density at radius 2 is 2.04 bits per heavy atom. The normalized spacial score (nSPS) is 11.1. The lowest BCUT2D eigenvalue weighted by Gasteiger charge is -2.14. The van der Waals surface area contributed by atoms with Crippen LogP contribution in [0.25, 0.3) is 11.3 Å². The monoisotopic (exact) mass is 377 g/mol. The predicted octanol–water partition coefficient (Wildman–Crippen LogP) is 5.77. The van der Waals surface area contributed by atoms with E-state index >= 15 is 0 Å². The zero-order chi connectivity index (χ0) is 19.1. The molecule has 0 unspecified atom stereocenters. The van der Waals surface area contributed by atoms with Gasteiger partial charge in [-0.1, -0.05) is 36.4 Å². The van der Waals surface area contributed by atoms with Crippen LogP contribution in [0.15, 0.2) is 71.7 Å². The maximum absolute atomic E-state index is 5.86. The molecule has 0 fully saturated rings. The van der Waals surface area contributed by atoms with Crippen LogP contribution in [-0.4, -0.2) is 17.3 Å². The lowest BCUT2D eigenvalue weighted by Crippen LogP contribution is -2.07. The van der Waals surface area contributed by atoms with Crippen LogP contribution >= 0.6 is 11.3 Å². The summed E-state index contributed by atoms with van der Waals surface area (Å²) >= 11 is 1.53. The predicted molar refractivity (Wildman–Crippen MR) is 115 cm³/mol. The van der Waals surface area contributed by atoms with Crippen LogP contribution in [0.1, 0.15) is 25.0 Å². The van der Waals surface area contributed by atoms with Gasteiger partial charge in [-0.15, -0.1) is 17.9 Å². The number of ether oxygens (including phenoxy) is 1. The number of aromatic nitrogens is 1. The maximum atomic E-state index is 5.86. The summed E-state index contributed by atoms with van der Waals surface area (Å²) in [5.41, 5.74) is 7.15. The summed E-state index contributed by atoms with van der Waals surface area (Å²) in [6.07, 6.45) is 4.56. The molecule has 0 aliphatic heterocycles. The van der Waals surface area contributed by atoms with E-state index in [1.807, 2.05) is 67.8 Å².